The number of nitrogens with one attached hydrogen (secondary N) is 1. The highest BCUT2D eigenvalue weighted by atomic mass is 19.4. The summed E-state index contributed by atoms with van der Waals surface area (Å²) in [5.41, 5.74) is 0.987. The number of carbonyl (C=O) groups is 1. The highest BCUT2D eigenvalue weighted by molar-refractivity contribution is 5.97. The van der Waals surface area contributed by atoms with Crippen molar-refractivity contribution in [3.63, 3.8) is 0 Å². The Morgan fingerprint density at radius 2 is 1.70 bits per heavy atom. The molecule has 0 aliphatic heterocycles. The standard InChI is InChI=1S/C21H17F3N2O/c22-21(23,24)18-8-4-7-17(13-18)19(27)11-16-9-10-25-20(12-16)26-14-15-5-2-1-3-6-15/h1-10,12-13H,11,14H2,(H,25,26). The fourth-order valence-corrected chi connectivity index (χ4v) is 2.63. The topological polar surface area (TPSA) is 42.0 Å². The lowest BCUT2D eigenvalue weighted by Gasteiger charge is -2.09. The maximum Gasteiger partial charge on any atom is 0.416 e. The average Bonchev–Trinajstić information content (AvgIpc) is 2.67. The summed E-state index contributed by atoms with van der Waals surface area (Å²) in [6.45, 7) is 0.582. The molecule has 1 N–H and O–H groups in total. The van der Waals surface area contributed by atoms with Crippen molar-refractivity contribution in [1.82, 2.24) is 4.98 Å². The number of halogens is 3. The lowest BCUT2D eigenvalue weighted by Crippen LogP contribution is -2.09. The number of benzene rings is 2. The number of ketones is 1. The summed E-state index contributed by atoms with van der Waals surface area (Å²) in [5, 5.41) is 3.17. The Bertz CT molecular complexity index is 924. The maximum absolute atomic E-state index is 12.8. The van der Waals surface area contributed by atoms with E-state index < -0.39 is 11.7 Å². The van der Waals surface area contributed by atoms with E-state index >= 15 is 0 Å². The lowest BCUT2D eigenvalue weighted by molar-refractivity contribution is -0.137. The van der Waals surface area contributed by atoms with Gasteiger partial charge in [0, 0.05) is 24.7 Å². The van der Waals surface area contributed by atoms with Gasteiger partial charge in [-0.1, -0.05) is 42.5 Å². The minimum Gasteiger partial charge on any atom is -0.366 e. The van der Waals surface area contributed by atoms with Crippen LogP contribution in [0.4, 0.5) is 19.0 Å². The quantitative estimate of drug-likeness (QED) is 0.611. The molecule has 0 atom stereocenters. The molecule has 6 heteroatoms. The molecule has 0 spiro atoms. The summed E-state index contributed by atoms with van der Waals surface area (Å²) in [6, 6.07) is 17.7. The third-order valence-corrected chi connectivity index (χ3v) is 4.02. The number of carbonyl (C=O) groups excluding carboxylic acids is 1. The van der Waals surface area contributed by atoms with Gasteiger partial charge in [-0.15, -0.1) is 0 Å². The van der Waals surface area contributed by atoms with Crippen molar-refractivity contribution in [2.45, 2.75) is 19.1 Å². The van der Waals surface area contributed by atoms with Crippen molar-refractivity contribution < 1.29 is 18.0 Å². The molecule has 0 fully saturated rings. The Kier molecular flexibility index (Phi) is 5.54. The summed E-state index contributed by atoms with van der Waals surface area (Å²) in [4.78, 5) is 16.6. The molecule has 1 aromatic heterocycles. The number of aromatic nitrogens is 1. The van der Waals surface area contributed by atoms with Gasteiger partial charge in [0.05, 0.1) is 5.56 Å². The minimum atomic E-state index is -4.47. The van der Waals surface area contributed by atoms with Crippen molar-refractivity contribution in [2.24, 2.45) is 0 Å². The SMILES string of the molecule is O=C(Cc1ccnc(NCc2ccccc2)c1)c1cccc(C(F)(F)F)c1. The number of alkyl halides is 3. The molecular weight excluding hydrogens is 353 g/mol. The summed E-state index contributed by atoms with van der Waals surface area (Å²) in [5.74, 6) is 0.231. The normalized spacial score (nSPS) is 11.2. The van der Waals surface area contributed by atoms with E-state index in [0.29, 0.717) is 17.9 Å². The number of pyridine rings is 1. The van der Waals surface area contributed by atoms with Gasteiger partial charge >= 0.3 is 6.18 Å². The molecule has 27 heavy (non-hydrogen) atoms. The van der Waals surface area contributed by atoms with Gasteiger partial charge in [-0.3, -0.25) is 4.79 Å². The smallest absolute Gasteiger partial charge is 0.366 e. The van der Waals surface area contributed by atoms with Crippen LogP contribution >= 0.6 is 0 Å². The van der Waals surface area contributed by atoms with Crippen molar-refractivity contribution in [3.8, 4) is 0 Å². The Morgan fingerprint density at radius 1 is 0.926 bits per heavy atom. The van der Waals surface area contributed by atoms with Crippen molar-refractivity contribution in [2.75, 3.05) is 5.32 Å². The number of hydrogen-bond donors (Lipinski definition) is 1. The average molecular weight is 370 g/mol. The molecule has 3 rings (SSSR count). The Morgan fingerprint density at radius 3 is 2.44 bits per heavy atom. The van der Waals surface area contributed by atoms with Gasteiger partial charge in [-0.25, -0.2) is 4.98 Å². The molecule has 0 saturated carbocycles. The number of nitrogens with zero attached hydrogens (tertiary/aromatic N) is 1. The Labute approximate surface area is 154 Å². The molecule has 2 aromatic carbocycles. The second-order valence-corrected chi connectivity index (χ2v) is 6.07. The van der Waals surface area contributed by atoms with Crippen LogP contribution in [0.25, 0.3) is 0 Å². The highest BCUT2D eigenvalue weighted by Gasteiger charge is 2.30. The van der Waals surface area contributed by atoms with Gasteiger partial charge in [0.15, 0.2) is 5.78 Å². The van der Waals surface area contributed by atoms with E-state index in [0.717, 1.165) is 17.7 Å². The zero-order chi connectivity index (χ0) is 19.3. The zero-order valence-corrected chi connectivity index (χ0v) is 14.3. The number of hydrogen-bond acceptors (Lipinski definition) is 3. The molecule has 0 unspecified atom stereocenters. The molecule has 0 aliphatic rings. The molecule has 0 amide bonds. The van der Waals surface area contributed by atoms with Crippen molar-refractivity contribution in [1.29, 1.82) is 0 Å². The van der Waals surface area contributed by atoms with E-state index in [1.165, 1.54) is 12.1 Å². The van der Waals surface area contributed by atoms with Crippen LogP contribution in [0.1, 0.15) is 27.0 Å². The number of rotatable bonds is 6. The van der Waals surface area contributed by atoms with Crippen molar-refractivity contribution >= 4 is 11.6 Å². The zero-order valence-electron chi connectivity index (χ0n) is 14.3. The molecule has 3 aromatic rings. The van der Waals surface area contributed by atoms with Crippen molar-refractivity contribution in [3.05, 3.63) is 95.2 Å². The minimum absolute atomic E-state index is 0.00382. The van der Waals surface area contributed by atoms with Gasteiger partial charge in [0.25, 0.3) is 0 Å². The van der Waals surface area contributed by atoms with Crippen LogP contribution in [0, 0.1) is 0 Å². The number of Topliss-reactive ketones (excluding diaryl/α,β-unsaturated/α-hetero) is 1. The fraction of sp³-hybridized carbons (Fsp3) is 0.143. The maximum atomic E-state index is 12.8. The molecule has 1 heterocycles. The second-order valence-electron chi connectivity index (χ2n) is 6.07. The molecule has 0 radical (unpaired) electrons. The predicted molar refractivity (Wildman–Crippen MR) is 97.5 cm³/mol. The summed E-state index contributed by atoms with van der Waals surface area (Å²) < 4.78 is 38.4. The van der Waals surface area contributed by atoms with Crippen LogP contribution in [0.15, 0.2) is 72.9 Å². The van der Waals surface area contributed by atoms with Gasteiger partial charge in [-0.05, 0) is 35.4 Å². The first-order valence-corrected chi connectivity index (χ1v) is 8.35. The first-order chi connectivity index (χ1) is 12.9. The fourth-order valence-electron chi connectivity index (χ4n) is 2.63. The van der Waals surface area contributed by atoms with E-state index in [2.05, 4.69) is 10.3 Å². The molecule has 138 valence electrons. The van der Waals surface area contributed by atoms with Gasteiger partial charge in [0.1, 0.15) is 5.82 Å². The Balaban J connectivity index is 1.68. The predicted octanol–water partition coefficient (Wildman–Crippen LogP) is 5.14. The van der Waals surface area contributed by atoms with Crippen LogP contribution in [0.3, 0.4) is 0 Å². The Hall–Kier alpha value is -3.15. The van der Waals surface area contributed by atoms with E-state index in [1.807, 2.05) is 30.3 Å². The molecule has 0 saturated heterocycles. The van der Waals surface area contributed by atoms with E-state index in [1.54, 1.807) is 18.3 Å². The first-order valence-electron chi connectivity index (χ1n) is 8.35. The van der Waals surface area contributed by atoms with Gasteiger partial charge < -0.3 is 5.32 Å². The van der Waals surface area contributed by atoms with E-state index in [9.17, 15) is 18.0 Å². The lowest BCUT2D eigenvalue weighted by atomic mass is 10.0. The van der Waals surface area contributed by atoms with Crippen LogP contribution < -0.4 is 5.32 Å². The molecule has 3 nitrogen and oxygen atoms in total. The van der Waals surface area contributed by atoms with E-state index in [4.69, 9.17) is 0 Å². The number of anilines is 1. The molecular formula is C21H17F3N2O. The largest absolute Gasteiger partial charge is 0.416 e. The second kappa shape index (κ2) is 8.03. The van der Waals surface area contributed by atoms with Crippen LogP contribution in [0.2, 0.25) is 0 Å². The third-order valence-electron chi connectivity index (χ3n) is 4.02. The van der Waals surface area contributed by atoms with Crippen LogP contribution in [-0.2, 0) is 19.1 Å². The summed E-state index contributed by atoms with van der Waals surface area (Å²) in [7, 11) is 0. The molecule has 0 bridgehead atoms. The van der Waals surface area contributed by atoms with Gasteiger partial charge in [-0.2, -0.15) is 13.2 Å². The van der Waals surface area contributed by atoms with E-state index in [-0.39, 0.29) is 17.8 Å². The summed E-state index contributed by atoms with van der Waals surface area (Å²) >= 11 is 0. The molecule has 0 aliphatic carbocycles. The van der Waals surface area contributed by atoms with Crippen LogP contribution in [-0.4, -0.2) is 10.8 Å². The first kappa shape index (κ1) is 18.6. The van der Waals surface area contributed by atoms with Crippen LogP contribution in [0.5, 0.6) is 0 Å². The third kappa shape index (κ3) is 5.17. The summed E-state index contributed by atoms with van der Waals surface area (Å²) in [6.07, 6.45) is -2.90. The van der Waals surface area contributed by atoms with Gasteiger partial charge in [0.2, 0.25) is 0 Å². The monoisotopic (exact) mass is 370 g/mol. The highest BCUT2D eigenvalue weighted by Crippen LogP contribution is 2.29.